The number of amides is 2. The van der Waals surface area contributed by atoms with E-state index in [0.29, 0.717) is 16.9 Å². The van der Waals surface area contributed by atoms with E-state index in [-0.39, 0.29) is 40.5 Å². The van der Waals surface area contributed by atoms with Crippen molar-refractivity contribution in [3.8, 4) is 16.9 Å². The predicted octanol–water partition coefficient (Wildman–Crippen LogP) is 6.08. The van der Waals surface area contributed by atoms with E-state index in [4.69, 9.17) is 29.8 Å². The molecule has 0 radical (unpaired) electrons. The second-order valence-corrected chi connectivity index (χ2v) is 15.3. The monoisotopic (exact) mass is 846 g/mol. The minimum Gasteiger partial charge on any atom is -0.495 e. The van der Waals surface area contributed by atoms with Crippen LogP contribution in [-0.4, -0.2) is 84.9 Å². The summed E-state index contributed by atoms with van der Waals surface area (Å²) in [6, 6.07) is 20.2. The Hall–Kier alpha value is -6.61. The van der Waals surface area contributed by atoms with E-state index in [1.807, 2.05) is 12.1 Å². The third-order valence-corrected chi connectivity index (χ3v) is 9.56. The van der Waals surface area contributed by atoms with Gasteiger partial charge in [0.25, 0.3) is 5.95 Å². The van der Waals surface area contributed by atoms with Crippen LogP contribution < -0.4 is 20.7 Å². The average Bonchev–Trinajstić information content (AvgIpc) is 3.60. The lowest BCUT2D eigenvalue weighted by atomic mass is 9.94. The van der Waals surface area contributed by atoms with Crippen LogP contribution in [0, 0.1) is 11.2 Å². The van der Waals surface area contributed by atoms with Crippen LogP contribution in [0.2, 0.25) is 0 Å². The van der Waals surface area contributed by atoms with Gasteiger partial charge in [-0.2, -0.15) is 18.2 Å². The van der Waals surface area contributed by atoms with Gasteiger partial charge in [-0.3, -0.25) is 9.59 Å². The summed E-state index contributed by atoms with van der Waals surface area (Å²) >= 11 is 0. The number of fused-ring (bicyclic) bond motifs is 1. The smallest absolute Gasteiger partial charge is 0.490 e. The first-order valence-corrected chi connectivity index (χ1v) is 19.0. The second-order valence-electron chi connectivity index (χ2n) is 13.3. The third kappa shape index (κ3) is 11.5. The first-order valence-electron chi connectivity index (χ1n) is 17.1. The first-order chi connectivity index (χ1) is 27.5. The topological polar surface area (TPSA) is 222 Å². The molecule has 0 aliphatic rings. The lowest BCUT2D eigenvalue weighted by Gasteiger charge is -2.22. The Morgan fingerprint density at radius 3 is 2.12 bits per heavy atom. The number of carboxylic acid groups (broad SMARTS) is 1. The van der Waals surface area contributed by atoms with E-state index < -0.39 is 52.2 Å². The van der Waals surface area contributed by atoms with Crippen LogP contribution in [0.4, 0.5) is 39.7 Å². The zero-order valence-electron chi connectivity index (χ0n) is 32.0. The molecule has 4 N–H and O–H groups in total. The van der Waals surface area contributed by atoms with Crippen molar-refractivity contribution in [1.29, 1.82) is 0 Å². The molecule has 2 heterocycles. The number of methoxy groups -OCH3 is 1. The summed E-state index contributed by atoms with van der Waals surface area (Å²) in [6.07, 6.45) is -3.42. The van der Waals surface area contributed by atoms with Gasteiger partial charge in [-0.25, -0.2) is 31.8 Å². The number of esters is 1. The molecule has 0 unspecified atom stereocenters. The molecule has 0 aliphatic heterocycles. The number of carbonyl (C=O) groups is 4. The number of ether oxygens (including phenoxy) is 3. The fraction of sp³-hybridized carbons (Fsp3) is 0.263. The summed E-state index contributed by atoms with van der Waals surface area (Å²) in [4.78, 5) is 53.1. The van der Waals surface area contributed by atoms with Crippen LogP contribution in [0.3, 0.4) is 0 Å². The number of hydrogen-bond donors (Lipinski definition) is 3. The molecule has 59 heavy (non-hydrogen) atoms. The number of carboxylic acids is 1. The number of nitrogens with two attached hydrogens (primary N) is 1. The summed E-state index contributed by atoms with van der Waals surface area (Å²) in [7, 11) is -2.33. The van der Waals surface area contributed by atoms with Crippen molar-refractivity contribution in [1.82, 2.24) is 14.6 Å². The maximum absolute atomic E-state index is 13.6. The molecule has 1 atom stereocenters. The van der Waals surface area contributed by atoms with E-state index in [1.54, 1.807) is 63.4 Å². The number of rotatable bonds is 12. The van der Waals surface area contributed by atoms with Crippen molar-refractivity contribution in [2.45, 2.75) is 37.8 Å². The maximum atomic E-state index is 13.6. The van der Waals surface area contributed by atoms with E-state index >= 15 is 0 Å². The number of benzene rings is 3. The molecule has 21 heteroatoms. The number of hydrogen-bond acceptors (Lipinski definition) is 12. The van der Waals surface area contributed by atoms with Crippen LogP contribution in [0.25, 0.3) is 16.8 Å². The molecule has 5 rings (SSSR count). The minimum absolute atomic E-state index is 0.0000738. The van der Waals surface area contributed by atoms with Crippen molar-refractivity contribution in [2.75, 3.05) is 36.9 Å². The minimum atomic E-state index is -5.08. The van der Waals surface area contributed by atoms with Crippen molar-refractivity contribution >= 4 is 56.7 Å². The highest BCUT2D eigenvalue weighted by molar-refractivity contribution is 7.90. The van der Waals surface area contributed by atoms with E-state index in [2.05, 4.69) is 15.4 Å². The lowest BCUT2D eigenvalue weighted by molar-refractivity contribution is -0.192. The Kier molecular flexibility index (Phi) is 14.0. The maximum Gasteiger partial charge on any atom is 0.490 e. The van der Waals surface area contributed by atoms with Crippen LogP contribution in [0.5, 0.6) is 5.75 Å². The molecule has 0 saturated heterocycles. The normalized spacial score (nSPS) is 12.1. The lowest BCUT2D eigenvalue weighted by Crippen LogP contribution is -2.36. The molecule has 0 fully saturated rings. The Morgan fingerprint density at radius 1 is 0.949 bits per heavy atom. The van der Waals surface area contributed by atoms with Gasteiger partial charge in [-0.15, -0.1) is 5.10 Å². The van der Waals surface area contributed by atoms with E-state index in [1.165, 1.54) is 42.0 Å². The Labute approximate surface area is 334 Å². The SMILES string of the molecule is COc1cc(S(C)(=O)=O)ccc1N(C(=O)OCOC(=O)C(C)(C)CN)c1nc2ccc(-c3ccc(NC(=O)[C@H](C)c4ccc(F)cc4)cc3)cn2n1.O=C(O)C(F)(F)F. The third-order valence-electron chi connectivity index (χ3n) is 8.45. The molecule has 0 spiro atoms. The van der Waals surface area contributed by atoms with E-state index in [0.717, 1.165) is 22.3 Å². The zero-order valence-corrected chi connectivity index (χ0v) is 32.8. The molecule has 2 amide bonds. The van der Waals surface area contributed by atoms with Gasteiger partial charge in [0.1, 0.15) is 11.6 Å². The highest BCUT2D eigenvalue weighted by atomic mass is 32.2. The zero-order chi connectivity index (χ0) is 43.9. The number of pyridine rings is 1. The van der Waals surface area contributed by atoms with Crippen LogP contribution >= 0.6 is 0 Å². The number of alkyl halides is 3. The highest BCUT2D eigenvalue weighted by Gasteiger charge is 2.38. The molecular formula is C38H38F4N6O10S. The standard InChI is InChI=1S/C36H37FN6O8S.C2HF3O2/c1-22(23-6-11-26(37)12-7-23)32(44)39-27-13-8-24(9-14-27)25-10-17-31-40-34(41-42(31)19-25)43(35(46)51-21-50-33(45)36(2,3)20-38)29-16-15-28(52(5,47)48)18-30(29)49-4;3-2(4,5)1(6)7/h6-19,22H,20-21,38H2,1-5H3,(H,39,44);(H,6,7)/t22-;/m1./s1. The Morgan fingerprint density at radius 2 is 1.56 bits per heavy atom. The van der Waals surface area contributed by atoms with Crippen molar-refractivity contribution in [2.24, 2.45) is 11.1 Å². The molecule has 0 aliphatic carbocycles. The predicted molar refractivity (Wildman–Crippen MR) is 204 cm³/mol. The first kappa shape index (κ1) is 45.1. The number of nitrogens with one attached hydrogen (secondary N) is 1. The molecule has 2 aromatic heterocycles. The van der Waals surface area contributed by atoms with Gasteiger partial charge in [0.2, 0.25) is 12.7 Å². The number of sulfone groups is 1. The number of anilines is 3. The summed E-state index contributed by atoms with van der Waals surface area (Å²) in [6.45, 7) is 4.15. The van der Waals surface area contributed by atoms with Gasteiger partial charge < -0.3 is 30.4 Å². The molecule has 3 aromatic carbocycles. The van der Waals surface area contributed by atoms with Crippen LogP contribution in [-0.2, 0) is 33.7 Å². The Balaban J connectivity index is 0.00000101. The largest absolute Gasteiger partial charge is 0.495 e. The molecule has 0 bridgehead atoms. The molecular weight excluding hydrogens is 809 g/mol. The number of aliphatic carboxylic acids is 1. The fourth-order valence-electron chi connectivity index (χ4n) is 4.87. The number of halogens is 4. The van der Waals surface area contributed by atoms with Gasteiger partial charge in [0, 0.05) is 36.3 Å². The molecule has 314 valence electrons. The molecule has 5 aromatic rings. The van der Waals surface area contributed by atoms with E-state index in [9.17, 15) is 40.4 Å². The quantitative estimate of drug-likeness (QED) is 0.0737. The van der Waals surface area contributed by atoms with Gasteiger partial charge in [-0.05, 0) is 80.4 Å². The van der Waals surface area contributed by atoms with Crippen molar-refractivity contribution in [3.05, 3.63) is 96.4 Å². The van der Waals surface area contributed by atoms with Crippen LogP contribution in [0.15, 0.2) is 90.0 Å². The average molecular weight is 847 g/mol. The molecule has 16 nitrogen and oxygen atoms in total. The van der Waals surface area contributed by atoms with Gasteiger partial charge in [0.05, 0.1) is 29.0 Å². The molecule has 0 saturated carbocycles. The second kappa shape index (κ2) is 18.3. The number of carbonyl (C=O) groups excluding carboxylic acids is 3. The Bertz CT molecular complexity index is 2440. The number of nitrogens with zero attached hydrogens (tertiary/aromatic N) is 4. The number of aromatic nitrogens is 3. The summed E-state index contributed by atoms with van der Waals surface area (Å²) < 4.78 is 86.8. The van der Waals surface area contributed by atoms with Gasteiger partial charge in [0.15, 0.2) is 15.5 Å². The summed E-state index contributed by atoms with van der Waals surface area (Å²) in [5.41, 5.74) is 7.76. The summed E-state index contributed by atoms with van der Waals surface area (Å²) in [5.74, 6) is -4.73. The van der Waals surface area contributed by atoms with Crippen molar-refractivity contribution < 1.29 is 64.5 Å². The van der Waals surface area contributed by atoms with Crippen molar-refractivity contribution in [3.63, 3.8) is 0 Å². The van der Waals surface area contributed by atoms with Gasteiger partial charge >= 0.3 is 24.2 Å². The summed E-state index contributed by atoms with van der Waals surface area (Å²) in [5, 5.41) is 14.5. The van der Waals surface area contributed by atoms with Crippen LogP contribution in [0.1, 0.15) is 32.3 Å². The fourth-order valence-corrected chi connectivity index (χ4v) is 5.51. The highest BCUT2D eigenvalue weighted by Crippen LogP contribution is 2.36. The van der Waals surface area contributed by atoms with Gasteiger partial charge in [-0.1, -0.05) is 24.3 Å².